The van der Waals surface area contributed by atoms with Crippen LogP contribution in [0.4, 0.5) is 10.1 Å². The van der Waals surface area contributed by atoms with E-state index in [2.05, 4.69) is 5.32 Å². The van der Waals surface area contributed by atoms with Crippen molar-refractivity contribution in [1.29, 1.82) is 0 Å². The maximum Gasteiger partial charge on any atom is 0.264 e. The van der Waals surface area contributed by atoms with Gasteiger partial charge in [-0.25, -0.2) is 12.8 Å². The van der Waals surface area contributed by atoms with Crippen molar-refractivity contribution in [3.63, 3.8) is 0 Å². The van der Waals surface area contributed by atoms with Crippen molar-refractivity contribution < 1.29 is 22.4 Å². The van der Waals surface area contributed by atoms with E-state index < -0.39 is 45.8 Å². The molecule has 0 saturated heterocycles. The smallest absolute Gasteiger partial charge is 0.264 e. The minimum Gasteiger partial charge on any atom is -0.350 e. The average molecular weight is 609 g/mol. The zero-order valence-corrected chi connectivity index (χ0v) is 25.0. The van der Waals surface area contributed by atoms with Crippen molar-refractivity contribution in [1.82, 2.24) is 10.2 Å². The van der Waals surface area contributed by atoms with E-state index in [-0.39, 0.29) is 28.6 Å². The normalized spacial score (nSPS) is 12.5. The van der Waals surface area contributed by atoms with E-state index in [4.69, 9.17) is 23.2 Å². The molecule has 40 heavy (non-hydrogen) atoms. The molecule has 3 rings (SSSR count). The lowest BCUT2D eigenvalue weighted by Crippen LogP contribution is -2.55. The van der Waals surface area contributed by atoms with Crippen LogP contribution in [0.25, 0.3) is 0 Å². The number of hydrogen-bond donors (Lipinski definition) is 1. The van der Waals surface area contributed by atoms with Gasteiger partial charge in [0.1, 0.15) is 18.4 Å². The van der Waals surface area contributed by atoms with Gasteiger partial charge in [0.05, 0.1) is 15.6 Å². The number of rotatable bonds is 10. The molecule has 1 N–H and O–H groups in total. The molecule has 0 unspecified atom stereocenters. The first-order valence-electron chi connectivity index (χ1n) is 12.6. The minimum atomic E-state index is -4.30. The summed E-state index contributed by atoms with van der Waals surface area (Å²) in [6, 6.07) is 16.9. The fraction of sp³-hybridized carbons (Fsp3) is 0.310. The molecule has 7 nitrogen and oxygen atoms in total. The van der Waals surface area contributed by atoms with Crippen LogP contribution in [0.2, 0.25) is 10.0 Å². The molecule has 11 heteroatoms. The van der Waals surface area contributed by atoms with E-state index >= 15 is 0 Å². The molecule has 0 heterocycles. The topological polar surface area (TPSA) is 86.8 Å². The van der Waals surface area contributed by atoms with E-state index in [1.165, 1.54) is 23.1 Å². The number of carbonyl (C=O) groups is 2. The first kappa shape index (κ1) is 31.4. The summed E-state index contributed by atoms with van der Waals surface area (Å²) in [6.45, 7) is 6.51. The second kappa shape index (κ2) is 13.0. The minimum absolute atomic E-state index is 0.00603. The highest BCUT2D eigenvalue weighted by atomic mass is 35.5. The Morgan fingerprint density at radius 2 is 1.57 bits per heavy atom. The van der Waals surface area contributed by atoms with Gasteiger partial charge >= 0.3 is 0 Å². The molecule has 0 aromatic heterocycles. The molecule has 3 aromatic rings. The lowest BCUT2D eigenvalue weighted by atomic mass is 10.1. The van der Waals surface area contributed by atoms with Crippen molar-refractivity contribution >= 4 is 50.7 Å². The monoisotopic (exact) mass is 607 g/mol. The number of carbonyl (C=O) groups excluding carboxylic acids is 2. The van der Waals surface area contributed by atoms with Crippen LogP contribution in [0.5, 0.6) is 0 Å². The van der Waals surface area contributed by atoms with E-state index in [9.17, 15) is 22.4 Å². The third kappa shape index (κ3) is 7.74. The second-order valence-corrected chi connectivity index (χ2v) is 12.9. The summed E-state index contributed by atoms with van der Waals surface area (Å²) in [6.07, 6.45) is 0.256. The fourth-order valence-corrected chi connectivity index (χ4v) is 5.87. The number of nitrogens with zero attached hydrogens (tertiary/aromatic N) is 2. The molecule has 0 radical (unpaired) electrons. The van der Waals surface area contributed by atoms with Crippen LogP contribution in [-0.4, -0.2) is 43.3 Å². The Labute approximate surface area is 244 Å². The molecule has 0 aliphatic carbocycles. The number of sulfonamides is 1. The van der Waals surface area contributed by atoms with Crippen molar-refractivity contribution in [3.8, 4) is 0 Å². The Balaban J connectivity index is 2.10. The molecule has 0 bridgehead atoms. The maximum atomic E-state index is 14.0. The largest absolute Gasteiger partial charge is 0.350 e. The number of halogens is 3. The molecule has 1 atom stereocenters. The number of anilines is 1. The Kier molecular flexibility index (Phi) is 10.2. The predicted octanol–water partition coefficient (Wildman–Crippen LogP) is 6.05. The van der Waals surface area contributed by atoms with Gasteiger partial charge in [-0.15, -0.1) is 0 Å². The second-order valence-electron chi connectivity index (χ2n) is 10.2. The molecule has 0 fully saturated rings. The SMILES string of the molecule is CC[C@H](C(=O)NC(C)(C)C)N(Cc1ccccc1Cl)C(=O)CN(c1ccc(F)c(Cl)c1)S(=O)(=O)c1ccccc1. The molecule has 0 aliphatic heterocycles. The first-order chi connectivity index (χ1) is 18.7. The summed E-state index contributed by atoms with van der Waals surface area (Å²) in [4.78, 5) is 28.6. The van der Waals surface area contributed by atoms with Gasteiger partial charge in [0.2, 0.25) is 11.8 Å². The molecule has 0 saturated carbocycles. The van der Waals surface area contributed by atoms with E-state index in [0.29, 0.717) is 10.6 Å². The third-order valence-electron chi connectivity index (χ3n) is 5.98. The summed E-state index contributed by atoms with van der Waals surface area (Å²) < 4.78 is 42.4. The number of hydrogen-bond acceptors (Lipinski definition) is 4. The van der Waals surface area contributed by atoms with Gasteiger partial charge in [-0.2, -0.15) is 0 Å². The van der Waals surface area contributed by atoms with E-state index in [0.717, 1.165) is 16.4 Å². The highest BCUT2D eigenvalue weighted by molar-refractivity contribution is 7.92. The summed E-state index contributed by atoms with van der Waals surface area (Å²) in [7, 11) is -4.30. The number of nitrogens with one attached hydrogen (secondary N) is 1. The van der Waals surface area contributed by atoms with Crippen molar-refractivity contribution in [3.05, 3.63) is 94.2 Å². The lowest BCUT2D eigenvalue weighted by molar-refractivity contribution is -0.141. The number of amides is 2. The summed E-state index contributed by atoms with van der Waals surface area (Å²) in [5, 5.41) is 2.99. The van der Waals surface area contributed by atoms with Crippen molar-refractivity contribution in [2.45, 2.75) is 57.1 Å². The van der Waals surface area contributed by atoms with Gasteiger partial charge in [0.15, 0.2) is 0 Å². The highest BCUT2D eigenvalue weighted by Crippen LogP contribution is 2.29. The van der Waals surface area contributed by atoms with Gasteiger partial charge in [-0.1, -0.05) is 66.5 Å². The summed E-state index contributed by atoms with van der Waals surface area (Å²) in [5.74, 6) is -1.78. The molecule has 0 spiro atoms. The van der Waals surface area contributed by atoms with Gasteiger partial charge in [-0.05, 0) is 69.2 Å². The van der Waals surface area contributed by atoms with Crippen molar-refractivity contribution in [2.75, 3.05) is 10.8 Å². The van der Waals surface area contributed by atoms with E-state index in [1.54, 1.807) is 49.4 Å². The third-order valence-corrected chi connectivity index (χ3v) is 8.43. The highest BCUT2D eigenvalue weighted by Gasteiger charge is 2.35. The summed E-state index contributed by atoms with van der Waals surface area (Å²) >= 11 is 12.4. The molecular formula is C29H32Cl2FN3O4S. The van der Waals surface area contributed by atoms with Crippen LogP contribution in [0.1, 0.15) is 39.7 Å². The Morgan fingerprint density at radius 3 is 2.15 bits per heavy atom. The average Bonchev–Trinajstić information content (AvgIpc) is 2.89. The molecule has 0 aliphatic rings. The van der Waals surface area contributed by atoms with Crippen molar-refractivity contribution in [2.24, 2.45) is 0 Å². The zero-order chi connectivity index (χ0) is 29.7. The van der Waals surface area contributed by atoms with Crippen LogP contribution in [-0.2, 0) is 26.2 Å². The quantitative estimate of drug-likeness (QED) is 0.304. The Hall–Kier alpha value is -3.14. The van der Waals surface area contributed by atoms with Crippen LogP contribution in [0.15, 0.2) is 77.7 Å². The Bertz CT molecular complexity index is 1460. The summed E-state index contributed by atoms with van der Waals surface area (Å²) in [5.41, 5.74) is 0.00672. The first-order valence-corrected chi connectivity index (χ1v) is 14.8. The number of benzene rings is 3. The van der Waals surface area contributed by atoms with Gasteiger partial charge in [-0.3, -0.25) is 13.9 Å². The van der Waals surface area contributed by atoms with Gasteiger partial charge in [0, 0.05) is 17.1 Å². The van der Waals surface area contributed by atoms with Crippen LogP contribution < -0.4 is 9.62 Å². The fourth-order valence-electron chi connectivity index (χ4n) is 4.07. The zero-order valence-electron chi connectivity index (χ0n) is 22.7. The Morgan fingerprint density at radius 1 is 0.950 bits per heavy atom. The standard InChI is InChI=1S/C29H32Cl2FN3O4S/c1-5-26(28(37)33-29(2,3)4)34(18-20-11-9-10-14-23(20)30)27(36)19-35(21-15-16-25(32)24(31)17-21)40(38,39)22-12-7-6-8-13-22/h6-17,26H,5,18-19H2,1-4H3,(H,33,37)/t26-/m1/s1. The maximum absolute atomic E-state index is 14.0. The lowest BCUT2D eigenvalue weighted by Gasteiger charge is -2.35. The van der Waals surface area contributed by atoms with Gasteiger partial charge < -0.3 is 10.2 Å². The molecule has 3 aromatic carbocycles. The van der Waals surface area contributed by atoms with E-state index in [1.807, 2.05) is 20.8 Å². The van der Waals surface area contributed by atoms with Crippen LogP contribution in [0, 0.1) is 5.82 Å². The van der Waals surface area contributed by atoms with Gasteiger partial charge in [0.25, 0.3) is 10.0 Å². The van der Waals surface area contributed by atoms with Crippen LogP contribution in [0.3, 0.4) is 0 Å². The molecular weight excluding hydrogens is 576 g/mol. The molecule has 2 amide bonds. The molecule has 214 valence electrons. The predicted molar refractivity (Wildman–Crippen MR) is 156 cm³/mol. The van der Waals surface area contributed by atoms with Crippen LogP contribution >= 0.6 is 23.2 Å².